The second-order valence-corrected chi connectivity index (χ2v) is 7.34. The maximum absolute atomic E-state index is 12.2. The molecule has 0 saturated heterocycles. The Morgan fingerprint density at radius 1 is 0.893 bits per heavy atom. The molecule has 0 saturated carbocycles. The normalized spacial score (nSPS) is 10.3. The third-order valence-corrected chi connectivity index (χ3v) is 5.04. The van der Waals surface area contributed by atoms with E-state index in [-0.39, 0.29) is 18.2 Å². The van der Waals surface area contributed by atoms with E-state index in [0.717, 1.165) is 21.8 Å². The summed E-state index contributed by atoms with van der Waals surface area (Å²) in [6, 6.07) is 18.7. The number of ether oxygens (including phenoxy) is 1. The highest BCUT2D eigenvalue weighted by Crippen LogP contribution is 2.14. The van der Waals surface area contributed by atoms with Crippen molar-refractivity contribution in [2.45, 2.75) is 19.4 Å². The van der Waals surface area contributed by atoms with Crippen LogP contribution in [0.5, 0.6) is 5.75 Å². The first kappa shape index (κ1) is 19.6. The van der Waals surface area contributed by atoms with Crippen LogP contribution in [0, 0.1) is 0 Å². The monoisotopic (exact) mass is 394 g/mol. The van der Waals surface area contributed by atoms with E-state index in [1.807, 2.05) is 66.0 Å². The van der Waals surface area contributed by atoms with Gasteiger partial charge in [0.15, 0.2) is 0 Å². The van der Waals surface area contributed by atoms with Gasteiger partial charge in [-0.3, -0.25) is 9.59 Å². The Morgan fingerprint density at radius 2 is 1.54 bits per heavy atom. The maximum Gasteiger partial charge on any atom is 0.228 e. The molecule has 0 bridgehead atoms. The minimum absolute atomic E-state index is 0.0234. The Balaban J connectivity index is 1.46. The summed E-state index contributed by atoms with van der Waals surface area (Å²) in [4.78, 5) is 25.4. The van der Waals surface area contributed by atoms with Crippen molar-refractivity contribution in [1.82, 2.24) is 5.32 Å². The summed E-state index contributed by atoms with van der Waals surface area (Å²) in [6.07, 6.45) is 0.600. The highest BCUT2D eigenvalue weighted by Gasteiger charge is 2.07. The molecular formula is C22H22N2O3S. The number of benzene rings is 2. The Kier molecular flexibility index (Phi) is 6.81. The fourth-order valence-electron chi connectivity index (χ4n) is 2.69. The quantitative estimate of drug-likeness (QED) is 0.611. The summed E-state index contributed by atoms with van der Waals surface area (Å²) in [5, 5.41) is 7.77. The van der Waals surface area contributed by atoms with E-state index in [1.54, 1.807) is 18.4 Å². The fraction of sp³-hybridized carbons (Fsp3) is 0.182. The van der Waals surface area contributed by atoms with Crippen molar-refractivity contribution in [1.29, 1.82) is 0 Å². The summed E-state index contributed by atoms with van der Waals surface area (Å²) in [7, 11) is 1.61. The predicted molar refractivity (Wildman–Crippen MR) is 112 cm³/mol. The first-order valence-corrected chi connectivity index (χ1v) is 9.81. The van der Waals surface area contributed by atoms with E-state index >= 15 is 0 Å². The Labute approximate surface area is 168 Å². The summed E-state index contributed by atoms with van der Waals surface area (Å²) < 4.78 is 5.11. The molecule has 2 aromatic carbocycles. The SMILES string of the molecule is COc1ccc(CC(=O)Nc2ccc(CC(=O)NCc3cccs3)cc2)cc1. The molecule has 0 spiro atoms. The van der Waals surface area contributed by atoms with Gasteiger partial charge in [-0.25, -0.2) is 0 Å². The fourth-order valence-corrected chi connectivity index (χ4v) is 3.33. The number of hydrogen-bond acceptors (Lipinski definition) is 4. The topological polar surface area (TPSA) is 67.4 Å². The number of rotatable bonds is 8. The van der Waals surface area contributed by atoms with E-state index in [0.29, 0.717) is 18.7 Å². The summed E-state index contributed by atoms with van der Waals surface area (Å²) in [5.74, 6) is 0.649. The highest BCUT2D eigenvalue weighted by molar-refractivity contribution is 7.09. The third kappa shape index (κ3) is 5.96. The number of methoxy groups -OCH3 is 1. The van der Waals surface area contributed by atoms with Gasteiger partial charge in [0.05, 0.1) is 26.5 Å². The van der Waals surface area contributed by atoms with Crippen molar-refractivity contribution in [2.75, 3.05) is 12.4 Å². The van der Waals surface area contributed by atoms with Crippen molar-refractivity contribution in [3.05, 3.63) is 82.0 Å². The summed E-state index contributed by atoms with van der Waals surface area (Å²) in [6.45, 7) is 0.552. The molecule has 2 amide bonds. The molecule has 0 aliphatic heterocycles. The van der Waals surface area contributed by atoms with Crippen molar-refractivity contribution >= 4 is 28.8 Å². The molecule has 3 aromatic rings. The minimum atomic E-state index is -0.0911. The molecule has 0 radical (unpaired) electrons. The van der Waals surface area contributed by atoms with Gasteiger partial charge in [-0.05, 0) is 46.8 Å². The molecule has 2 N–H and O–H groups in total. The van der Waals surface area contributed by atoms with Crippen LogP contribution < -0.4 is 15.4 Å². The van der Waals surface area contributed by atoms with Crippen LogP contribution in [-0.4, -0.2) is 18.9 Å². The highest BCUT2D eigenvalue weighted by atomic mass is 32.1. The van der Waals surface area contributed by atoms with Crippen LogP contribution in [0.4, 0.5) is 5.69 Å². The van der Waals surface area contributed by atoms with Gasteiger partial charge in [-0.15, -0.1) is 11.3 Å². The van der Waals surface area contributed by atoms with Crippen LogP contribution in [0.1, 0.15) is 16.0 Å². The molecule has 0 aliphatic rings. The van der Waals surface area contributed by atoms with E-state index in [1.165, 1.54) is 0 Å². The van der Waals surface area contributed by atoms with E-state index in [9.17, 15) is 9.59 Å². The van der Waals surface area contributed by atoms with Gasteiger partial charge in [0.25, 0.3) is 0 Å². The Morgan fingerprint density at radius 3 is 2.14 bits per heavy atom. The minimum Gasteiger partial charge on any atom is -0.497 e. The third-order valence-electron chi connectivity index (χ3n) is 4.17. The molecule has 28 heavy (non-hydrogen) atoms. The Bertz CT molecular complexity index is 904. The van der Waals surface area contributed by atoms with Crippen molar-refractivity contribution in [2.24, 2.45) is 0 Å². The first-order chi connectivity index (χ1) is 13.6. The van der Waals surface area contributed by atoms with Crippen LogP contribution in [-0.2, 0) is 29.0 Å². The van der Waals surface area contributed by atoms with Crippen LogP contribution in [0.15, 0.2) is 66.0 Å². The summed E-state index contributed by atoms with van der Waals surface area (Å²) in [5.41, 5.74) is 2.52. The van der Waals surface area contributed by atoms with E-state index in [2.05, 4.69) is 10.6 Å². The second kappa shape index (κ2) is 9.71. The molecule has 0 atom stereocenters. The molecule has 6 heteroatoms. The molecule has 0 fully saturated rings. The molecular weight excluding hydrogens is 372 g/mol. The lowest BCUT2D eigenvalue weighted by atomic mass is 10.1. The van der Waals surface area contributed by atoms with E-state index < -0.39 is 0 Å². The van der Waals surface area contributed by atoms with Crippen LogP contribution >= 0.6 is 11.3 Å². The first-order valence-electron chi connectivity index (χ1n) is 8.93. The van der Waals surface area contributed by atoms with Crippen molar-refractivity contribution in [3.8, 4) is 5.75 Å². The number of anilines is 1. The van der Waals surface area contributed by atoms with Crippen molar-refractivity contribution < 1.29 is 14.3 Å². The molecule has 3 rings (SSSR count). The van der Waals surface area contributed by atoms with E-state index in [4.69, 9.17) is 4.74 Å². The van der Waals surface area contributed by atoms with Gasteiger partial charge in [0, 0.05) is 10.6 Å². The van der Waals surface area contributed by atoms with Gasteiger partial charge in [-0.1, -0.05) is 30.3 Å². The Hall–Kier alpha value is -3.12. The zero-order chi connectivity index (χ0) is 19.8. The zero-order valence-corrected chi connectivity index (χ0v) is 16.4. The van der Waals surface area contributed by atoms with Crippen molar-refractivity contribution in [3.63, 3.8) is 0 Å². The molecule has 144 valence electrons. The molecule has 0 unspecified atom stereocenters. The number of nitrogens with one attached hydrogen (secondary N) is 2. The number of hydrogen-bond donors (Lipinski definition) is 2. The smallest absolute Gasteiger partial charge is 0.228 e. The number of thiophene rings is 1. The molecule has 1 heterocycles. The average molecular weight is 394 g/mol. The lowest BCUT2D eigenvalue weighted by Crippen LogP contribution is -2.24. The number of carbonyl (C=O) groups excluding carboxylic acids is 2. The lowest BCUT2D eigenvalue weighted by Gasteiger charge is -2.08. The summed E-state index contributed by atoms with van der Waals surface area (Å²) >= 11 is 1.62. The lowest BCUT2D eigenvalue weighted by molar-refractivity contribution is -0.120. The predicted octanol–water partition coefficient (Wildman–Crippen LogP) is 3.80. The van der Waals surface area contributed by atoms with Crippen LogP contribution in [0.25, 0.3) is 0 Å². The van der Waals surface area contributed by atoms with Gasteiger partial charge in [-0.2, -0.15) is 0 Å². The maximum atomic E-state index is 12.2. The van der Waals surface area contributed by atoms with Gasteiger partial charge in [0.1, 0.15) is 5.75 Å². The molecule has 0 aliphatic carbocycles. The van der Waals surface area contributed by atoms with Gasteiger partial charge >= 0.3 is 0 Å². The van der Waals surface area contributed by atoms with Gasteiger partial charge in [0.2, 0.25) is 11.8 Å². The molecule has 1 aromatic heterocycles. The molecule has 5 nitrogen and oxygen atoms in total. The zero-order valence-electron chi connectivity index (χ0n) is 15.6. The average Bonchev–Trinajstić information content (AvgIpc) is 3.22. The second-order valence-electron chi connectivity index (χ2n) is 6.30. The van der Waals surface area contributed by atoms with Crippen LogP contribution in [0.3, 0.4) is 0 Å². The largest absolute Gasteiger partial charge is 0.497 e. The standard InChI is InChI=1S/C22H22N2O3S/c1-27-19-10-6-17(7-11-19)14-22(26)24-18-8-4-16(5-9-18)13-21(25)23-15-20-3-2-12-28-20/h2-12H,13-15H2,1H3,(H,23,25)(H,24,26). The number of amides is 2. The van der Waals surface area contributed by atoms with Gasteiger partial charge < -0.3 is 15.4 Å². The van der Waals surface area contributed by atoms with Crippen LogP contribution in [0.2, 0.25) is 0 Å². The number of carbonyl (C=O) groups is 2.